The van der Waals surface area contributed by atoms with E-state index in [2.05, 4.69) is 24.3 Å². The Kier molecular flexibility index (Phi) is 3.08. The molecular weight excluding hydrogens is 264 g/mol. The van der Waals surface area contributed by atoms with Crippen LogP contribution in [0, 0.1) is 0 Å². The van der Waals surface area contributed by atoms with E-state index in [1.165, 1.54) is 11.1 Å². The maximum Gasteiger partial charge on any atom is 0.161 e. The summed E-state index contributed by atoms with van der Waals surface area (Å²) in [5.74, 6) is 1.92. The van der Waals surface area contributed by atoms with Gasteiger partial charge in [-0.1, -0.05) is 36.4 Å². The fourth-order valence-corrected chi connectivity index (χ4v) is 3.24. The molecule has 3 atom stereocenters. The highest BCUT2D eigenvalue weighted by atomic mass is 16.6. The zero-order valence-electron chi connectivity index (χ0n) is 11.7. The summed E-state index contributed by atoms with van der Waals surface area (Å²) in [5.41, 5.74) is 2.77. The summed E-state index contributed by atoms with van der Waals surface area (Å²) in [5, 5.41) is 10.5. The Bertz CT molecular complexity index is 652. The van der Waals surface area contributed by atoms with E-state index >= 15 is 0 Å². The minimum Gasteiger partial charge on any atom is -0.486 e. The first-order valence-electron chi connectivity index (χ1n) is 7.45. The molecule has 0 amide bonds. The Labute approximate surface area is 124 Å². The molecule has 0 saturated heterocycles. The minimum absolute atomic E-state index is 0.285. The summed E-state index contributed by atoms with van der Waals surface area (Å²) in [7, 11) is 0. The smallest absolute Gasteiger partial charge is 0.161 e. The molecule has 0 bridgehead atoms. The third-order valence-corrected chi connectivity index (χ3v) is 4.45. The molecule has 0 fully saturated rings. The Morgan fingerprint density at radius 3 is 2.67 bits per heavy atom. The van der Waals surface area contributed by atoms with E-state index in [0.29, 0.717) is 12.5 Å². The maximum absolute atomic E-state index is 10.5. The van der Waals surface area contributed by atoms with Crippen molar-refractivity contribution in [1.29, 1.82) is 0 Å². The van der Waals surface area contributed by atoms with Crippen LogP contribution in [0.5, 0.6) is 11.5 Å². The minimum atomic E-state index is -0.503. The second kappa shape index (κ2) is 5.08. The lowest BCUT2D eigenvalue weighted by atomic mass is 9.74. The molecule has 4 rings (SSSR count). The van der Waals surface area contributed by atoms with E-state index in [-0.39, 0.29) is 6.10 Å². The van der Waals surface area contributed by atoms with Gasteiger partial charge in [0.15, 0.2) is 17.6 Å². The topological polar surface area (TPSA) is 38.7 Å². The Morgan fingerprint density at radius 1 is 1.05 bits per heavy atom. The van der Waals surface area contributed by atoms with Crippen LogP contribution in [0.15, 0.2) is 48.5 Å². The number of fused-ring (bicyclic) bond motifs is 2. The van der Waals surface area contributed by atoms with Crippen LogP contribution in [0.25, 0.3) is 0 Å². The van der Waals surface area contributed by atoms with Crippen molar-refractivity contribution >= 4 is 0 Å². The monoisotopic (exact) mass is 282 g/mol. The van der Waals surface area contributed by atoms with Crippen LogP contribution in [0.2, 0.25) is 0 Å². The van der Waals surface area contributed by atoms with Crippen LogP contribution in [0.3, 0.4) is 0 Å². The van der Waals surface area contributed by atoms with E-state index in [0.717, 1.165) is 24.3 Å². The van der Waals surface area contributed by atoms with Gasteiger partial charge in [0.2, 0.25) is 0 Å². The number of aliphatic hydroxyl groups excluding tert-OH is 1. The molecule has 2 aromatic carbocycles. The highest BCUT2D eigenvalue weighted by Crippen LogP contribution is 2.39. The summed E-state index contributed by atoms with van der Waals surface area (Å²) < 4.78 is 11.6. The van der Waals surface area contributed by atoms with Gasteiger partial charge in [0.25, 0.3) is 0 Å². The molecule has 0 spiro atoms. The molecule has 108 valence electrons. The van der Waals surface area contributed by atoms with Gasteiger partial charge in [-0.3, -0.25) is 0 Å². The third-order valence-electron chi connectivity index (χ3n) is 4.45. The van der Waals surface area contributed by atoms with Crippen molar-refractivity contribution in [2.24, 2.45) is 0 Å². The summed E-state index contributed by atoms with van der Waals surface area (Å²) in [4.78, 5) is 0. The standard InChI is InChI=1S/C18H18O3/c19-15(10-13-9-12-5-1-2-6-14(12)13)18-11-20-16-7-3-4-8-17(16)21-18/h1-8,13,15,18-19H,9-11H2. The molecule has 3 unspecified atom stereocenters. The zero-order valence-corrected chi connectivity index (χ0v) is 11.7. The lowest BCUT2D eigenvalue weighted by Crippen LogP contribution is -2.41. The van der Waals surface area contributed by atoms with Crippen molar-refractivity contribution in [3.05, 3.63) is 59.7 Å². The van der Waals surface area contributed by atoms with E-state index in [4.69, 9.17) is 9.47 Å². The second-order valence-electron chi connectivity index (χ2n) is 5.82. The molecule has 3 nitrogen and oxygen atoms in total. The molecule has 3 heteroatoms. The first-order chi connectivity index (χ1) is 10.3. The Morgan fingerprint density at radius 2 is 1.81 bits per heavy atom. The van der Waals surface area contributed by atoms with Gasteiger partial charge in [0, 0.05) is 0 Å². The quantitative estimate of drug-likeness (QED) is 0.940. The second-order valence-corrected chi connectivity index (χ2v) is 5.82. The van der Waals surface area contributed by atoms with Crippen molar-refractivity contribution in [2.75, 3.05) is 6.61 Å². The van der Waals surface area contributed by atoms with E-state index in [1.54, 1.807) is 0 Å². The molecule has 1 aliphatic carbocycles. The summed E-state index contributed by atoms with van der Waals surface area (Å²) in [6, 6.07) is 16.1. The molecule has 0 aromatic heterocycles. The van der Waals surface area contributed by atoms with Crippen molar-refractivity contribution in [2.45, 2.75) is 31.0 Å². The normalized spacial score (nSPS) is 23.9. The van der Waals surface area contributed by atoms with Gasteiger partial charge < -0.3 is 14.6 Å². The lowest BCUT2D eigenvalue weighted by Gasteiger charge is -2.35. The molecular formula is C18H18O3. The molecule has 1 aliphatic heterocycles. The van der Waals surface area contributed by atoms with Gasteiger partial charge in [0.1, 0.15) is 6.61 Å². The number of para-hydroxylation sites is 2. The first kappa shape index (κ1) is 12.7. The Hall–Kier alpha value is -2.00. The molecule has 2 aliphatic rings. The van der Waals surface area contributed by atoms with Crippen LogP contribution in [0.1, 0.15) is 23.5 Å². The highest BCUT2D eigenvalue weighted by Gasteiger charge is 2.33. The van der Waals surface area contributed by atoms with Crippen molar-refractivity contribution in [3.63, 3.8) is 0 Å². The van der Waals surface area contributed by atoms with E-state index in [1.807, 2.05) is 24.3 Å². The average Bonchev–Trinajstić information content (AvgIpc) is 2.52. The van der Waals surface area contributed by atoms with Crippen LogP contribution >= 0.6 is 0 Å². The number of hydrogen-bond acceptors (Lipinski definition) is 3. The van der Waals surface area contributed by atoms with Gasteiger partial charge in [-0.05, 0) is 42.0 Å². The lowest BCUT2D eigenvalue weighted by molar-refractivity contribution is -0.0175. The number of rotatable bonds is 3. The van der Waals surface area contributed by atoms with Crippen LogP contribution in [-0.2, 0) is 6.42 Å². The fourth-order valence-electron chi connectivity index (χ4n) is 3.24. The van der Waals surface area contributed by atoms with Crippen LogP contribution in [-0.4, -0.2) is 23.9 Å². The van der Waals surface area contributed by atoms with Gasteiger partial charge in [-0.15, -0.1) is 0 Å². The number of ether oxygens (including phenoxy) is 2. The van der Waals surface area contributed by atoms with Crippen LogP contribution < -0.4 is 9.47 Å². The number of benzene rings is 2. The summed E-state index contributed by atoms with van der Waals surface area (Å²) >= 11 is 0. The first-order valence-corrected chi connectivity index (χ1v) is 7.45. The predicted molar refractivity (Wildman–Crippen MR) is 79.9 cm³/mol. The highest BCUT2D eigenvalue weighted by molar-refractivity contribution is 5.41. The van der Waals surface area contributed by atoms with Crippen molar-refractivity contribution in [3.8, 4) is 11.5 Å². The maximum atomic E-state index is 10.5. The van der Waals surface area contributed by atoms with Gasteiger partial charge in [-0.25, -0.2) is 0 Å². The van der Waals surface area contributed by atoms with Gasteiger partial charge >= 0.3 is 0 Å². The molecule has 0 saturated carbocycles. The molecule has 1 heterocycles. The summed E-state index contributed by atoms with van der Waals surface area (Å²) in [6.07, 6.45) is 0.995. The predicted octanol–water partition coefficient (Wildman–Crippen LogP) is 2.92. The molecule has 0 radical (unpaired) electrons. The van der Waals surface area contributed by atoms with Crippen LogP contribution in [0.4, 0.5) is 0 Å². The number of aliphatic hydroxyl groups is 1. The van der Waals surface area contributed by atoms with Gasteiger partial charge in [-0.2, -0.15) is 0 Å². The Balaban J connectivity index is 1.42. The number of hydrogen-bond donors (Lipinski definition) is 1. The zero-order chi connectivity index (χ0) is 14.2. The molecule has 1 N–H and O–H groups in total. The molecule has 2 aromatic rings. The largest absolute Gasteiger partial charge is 0.486 e. The fraction of sp³-hybridized carbons (Fsp3) is 0.333. The third kappa shape index (κ3) is 2.28. The average molecular weight is 282 g/mol. The summed E-state index contributed by atoms with van der Waals surface area (Å²) in [6.45, 7) is 0.409. The molecule has 21 heavy (non-hydrogen) atoms. The van der Waals surface area contributed by atoms with E-state index < -0.39 is 6.10 Å². The van der Waals surface area contributed by atoms with E-state index in [9.17, 15) is 5.11 Å². The SMILES string of the molecule is OC(CC1Cc2ccccc21)C1COc2ccccc2O1. The van der Waals surface area contributed by atoms with Crippen molar-refractivity contribution < 1.29 is 14.6 Å². The van der Waals surface area contributed by atoms with Gasteiger partial charge in [0.05, 0.1) is 6.10 Å². The van der Waals surface area contributed by atoms with Crippen molar-refractivity contribution in [1.82, 2.24) is 0 Å².